The summed E-state index contributed by atoms with van der Waals surface area (Å²) in [6, 6.07) is 23.3. The molecule has 0 radical (unpaired) electrons. The van der Waals surface area contributed by atoms with Crippen LogP contribution in [0.2, 0.25) is 0 Å². The molecule has 0 bridgehead atoms. The average Bonchev–Trinajstić information content (AvgIpc) is 3.99. The Kier molecular flexibility index (Phi) is 18.2. The van der Waals surface area contributed by atoms with Crippen LogP contribution in [0.4, 0.5) is 17.1 Å². The highest BCUT2D eigenvalue weighted by Gasteiger charge is 2.25. The van der Waals surface area contributed by atoms with E-state index in [2.05, 4.69) is 42.7 Å². The van der Waals surface area contributed by atoms with Crippen LogP contribution in [-0.2, 0) is 9.59 Å². The van der Waals surface area contributed by atoms with Gasteiger partial charge in [-0.1, -0.05) is 57.5 Å². The Morgan fingerprint density at radius 2 is 1.60 bits per heavy atom. The molecule has 1 fully saturated rings. The first-order valence-electron chi connectivity index (χ1n) is 16.8. The fraction of sp³-hybridized carbons (Fsp3) is 0.325. The molecule has 0 aromatic heterocycles. The van der Waals surface area contributed by atoms with Crippen LogP contribution < -0.4 is 30.3 Å². The predicted molar refractivity (Wildman–Crippen MR) is 208 cm³/mol. The summed E-state index contributed by atoms with van der Waals surface area (Å²) in [5, 5.41) is 3.07. The summed E-state index contributed by atoms with van der Waals surface area (Å²) in [6.07, 6.45) is 11.6. The monoisotopic (exact) mass is 682 g/mol. The van der Waals surface area contributed by atoms with Gasteiger partial charge in [-0.15, -0.1) is 0 Å². The first-order valence-corrected chi connectivity index (χ1v) is 16.8. The number of likely N-dealkylation sites (N-methyl/N-ethyl adjacent to an activating group) is 2. The van der Waals surface area contributed by atoms with Crippen LogP contribution in [0.5, 0.6) is 17.2 Å². The molecule has 10 heteroatoms. The minimum Gasteiger partial charge on any atom is -0.497 e. The second-order valence-electron chi connectivity index (χ2n) is 11.5. The third-order valence-electron chi connectivity index (χ3n) is 7.64. The topological polar surface area (TPSA) is 113 Å². The Morgan fingerprint density at radius 1 is 0.960 bits per heavy atom. The summed E-state index contributed by atoms with van der Waals surface area (Å²) in [6.45, 7) is 10.8. The maximum atomic E-state index is 12.4. The number of allylic oxidation sites excluding steroid dienone is 2. The molecular weight excluding hydrogens is 628 g/mol. The average molecular weight is 683 g/mol. The highest BCUT2D eigenvalue weighted by Crippen LogP contribution is 2.31. The van der Waals surface area contributed by atoms with Crippen LogP contribution in [0, 0.1) is 0 Å². The lowest BCUT2D eigenvalue weighted by molar-refractivity contribution is -0.106. The minimum atomic E-state index is 0.308. The molecule has 50 heavy (non-hydrogen) atoms. The quantitative estimate of drug-likeness (QED) is 0.0718. The number of unbranched alkanes of at least 4 members (excludes halogenated alkanes) is 1. The number of amidine groups is 1. The third-order valence-corrected chi connectivity index (χ3v) is 7.64. The molecule has 1 amide bonds. The number of para-hydroxylation sites is 1. The van der Waals surface area contributed by atoms with Crippen molar-refractivity contribution >= 4 is 35.6 Å². The van der Waals surface area contributed by atoms with Gasteiger partial charge in [0.1, 0.15) is 29.2 Å². The molecule has 0 unspecified atom stereocenters. The van der Waals surface area contributed by atoms with E-state index in [-0.39, 0.29) is 0 Å². The number of aldehydes is 1. The Bertz CT molecular complexity index is 1540. The van der Waals surface area contributed by atoms with Crippen molar-refractivity contribution in [1.82, 2.24) is 4.90 Å². The number of ether oxygens (including phenoxy) is 2. The Morgan fingerprint density at radius 3 is 2.10 bits per heavy atom. The zero-order chi connectivity index (χ0) is 36.9. The minimum absolute atomic E-state index is 0.308. The van der Waals surface area contributed by atoms with Crippen molar-refractivity contribution in [2.24, 2.45) is 10.7 Å². The Balaban J connectivity index is 0.000000515. The van der Waals surface area contributed by atoms with Gasteiger partial charge in [0, 0.05) is 62.1 Å². The van der Waals surface area contributed by atoms with Crippen LogP contribution in [0.15, 0.2) is 114 Å². The third kappa shape index (κ3) is 13.3. The van der Waals surface area contributed by atoms with Gasteiger partial charge in [0.25, 0.3) is 0 Å². The van der Waals surface area contributed by atoms with E-state index in [1.807, 2.05) is 84.8 Å². The molecule has 0 aliphatic heterocycles. The molecule has 0 spiro atoms. The molecule has 1 aliphatic rings. The van der Waals surface area contributed by atoms with Gasteiger partial charge >= 0.3 is 0 Å². The first-order chi connectivity index (χ1) is 24.2. The number of anilines is 3. The number of amides is 1. The van der Waals surface area contributed by atoms with Crippen LogP contribution in [0.1, 0.15) is 46.5 Å². The van der Waals surface area contributed by atoms with E-state index in [0.717, 1.165) is 36.0 Å². The number of nitrogens with zero attached hydrogens (tertiary/aromatic N) is 4. The summed E-state index contributed by atoms with van der Waals surface area (Å²) >= 11 is 0. The van der Waals surface area contributed by atoms with E-state index in [0.29, 0.717) is 40.8 Å². The largest absolute Gasteiger partial charge is 0.497 e. The van der Waals surface area contributed by atoms with Gasteiger partial charge in [-0.05, 0) is 75.4 Å². The Hall–Kier alpha value is -5.35. The van der Waals surface area contributed by atoms with Crippen LogP contribution >= 0.6 is 0 Å². The van der Waals surface area contributed by atoms with Gasteiger partial charge in [-0.25, -0.2) is 4.99 Å². The lowest BCUT2D eigenvalue weighted by Crippen LogP contribution is -2.38. The molecule has 4 rings (SSSR count). The number of aliphatic imine (C=N–C) groups is 1. The van der Waals surface area contributed by atoms with Gasteiger partial charge in [0.2, 0.25) is 6.41 Å². The van der Waals surface area contributed by atoms with Crippen LogP contribution in [0.3, 0.4) is 0 Å². The maximum Gasteiger partial charge on any atom is 0.219 e. The second-order valence-corrected chi connectivity index (χ2v) is 11.5. The molecule has 3 aromatic carbocycles. The maximum absolute atomic E-state index is 12.4. The molecule has 0 heterocycles. The van der Waals surface area contributed by atoms with Crippen LogP contribution in [-0.4, -0.2) is 64.3 Å². The molecule has 0 saturated heterocycles. The fourth-order valence-corrected chi connectivity index (χ4v) is 4.57. The van der Waals surface area contributed by atoms with Crippen molar-refractivity contribution < 1.29 is 19.1 Å². The molecule has 0 atom stereocenters. The lowest BCUT2D eigenvalue weighted by atomic mass is 10.2. The number of nitrogens with two attached hydrogens (primary N) is 1. The van der Waals surface area contributed by atoms with Crippen LogP contribution in [0.25, 0.3) is 0 Å². The van der Waals surface area contributed by atoms with Crippen molar-refractivity contribution in [1.29, 1.82) is 0 Å². The number of benzene rings is 3. The molecule has 268 valence electrons. The molecule has 10 nitrogen and oxygen atoms in total. The van der Waals surface area contributed by atoms with Crippen molar-refractivity contribution in [3.63, 3.8) is 0 Å². The SMILES string of the molecule is C=CN=C(/C(=C(\C)N)N(C)c1ccc(Oc2ccccc2)cc1)N(C=O)c1cc(NC)cc(OC)c1.CCCC.CN(C/C=C/C=O)C1CC1. The number of hydrogen-bond donors (Lipinski definition) is 2. The van der Waals surface area contributed by atoms with E-state index < -0.39 is 0 Å². The highest BCUT2D eigenvalue weighted by atomic mass is 16.5. The van der Waals surface area contributed by atoms with Gasteiger partial charge < -0.3 is 25.4 Å². The number of carbonyl (C=O) groups is 2. The summed E-state index contributed by atoms with van der Waals surface area (Å²) in [5.41, 5.74) is 9.48. The van der Waals surface area contributed by atoms with E-state index >= 15 is 0 Å². The number of carbonyl (C=O) groups excluding carboxylic acids is 2. The molecular formula is C40H54N6O4. The van der Waals surface area contributed by atoms with Crippen molar-refractivity contribution in [2.45, 2.75) is 52.5 Å². The zero-order valence-corrected chi connectivity index (χ0v) is 30.6. The second kappa shape index (κ2) is 22.3. The number of hydrogen-bond acceptors (Lipinski definition) is 9. The molecule has 3 aromatic rings. The van der Waals surface area contributed by atoms with E-state index in [1.54, 1.807) is 33.2 Å². The molecule has 1 aliphatic carbocycles. The number of methoxy groups -OCH3 is 1. The van der Waals surface area contributed by atoms with E-state index in [9.17, 15) is 9.59 Å². The number of nitrogens with one attached hydrogen (secondary N) is 1. The van der Waals surface area contributed by atoms with Gasteiger partial charge in [-0.2, -0.15) is 0 Å². The van der Waals surface area contributed by atoms with Gasteiger partial charge in [-0.3, -0.25) is 19.4 Å². The predicted octanol–water partition coefficient (Wildman–Crippen LogP) is 8.00. The summed E-state index contributed by atoms with van der Waals surface area (Å²) in [5.74, 6) is 2.33. The standard InChI is InChI=1S/C28H31N5O3.C8H13NO.C4H10/c1-6-31-28(33(19-34)23-16-21(30-3)17-26(18-23)35-5)27(20(2)29)32(4)22-12-14-25(15-13-22)36-24-10-8-7-9-11-24;1-9(8-4-5-8)6-2-3-7-10;1-3-4-2/h6-19,30H,1,29H2,2-5H3;2-3,7-8H,4-6H2,1H3;3-4H2,1-2H3/b27-20-,31-28?;3-2+;. The highest BCUT2D eigenvalue weighted by molar-refractivity contribution is 6.20. The smallest absolute Gasteiger partial charge is 0.219 e. The van der Waals surface area contributed by atoms with Crippen molar-refractivity contribution in [3.05, 3.63) is 109 Å². The molecule has 3 N–H and O–H groups in total. The summed E-state index contributed by atoms with van der Waals surface area (Å²) in [7, 11) is 7.30. The zero-order valence-electron chi connectivity index (χ0n) is 30.6. The van der Waals surface area contributed by atoms with Gasteiger partial charge in [0.05, 0.1) is 12.8 Å². The first kappa shape index (κ1) is 40.8. The van der Waals surface area contributed by atoms with Crippen molar-refractivity contribution in [3.8, 4) is 17.2 Å². The normalized spacial score (nSPS) is 12.8. The fourth-order valence-electron chi connectivity index (χ4n) is 4.57. The van der Waals surface area contributed by atoms with Crippen molar-refractivity contribution in [2.75, 3.05) is 49.9 Å². The summed E-state index contributed by atoms with van der Waals surface area (Å²) < 4.78 is 11.3. The lowest BCUT2D eigenvalue weighted by Gasteiger charge is -2.29. The van der Waals surface area contributed by atoms with Gasteiger partial charge in [0.15, 0.2) is 5.84 Å². The van der Waals surface area contributed by atoms with E-state index in [4.69, 9.17) is 15.2 Å². The Labute approximate surface area is 298 Å². The summed E-state index contributed by atoms with van der Waals surface area (Å²) in [4.78, 5) is 32.2. The molecule has 1 saturated carbocycles. The number of rotatable bonds is 15. The van der Waals surface area contributed by atoms with E-state index in [1.165, 1.54) is 36.8 Å².